The third kappa shape index (κ3) is 3.61. The first-order valence-electron chi connectivity index (χ1n) is 2.12. The van der Waals surface area contributed by atoms with Gasteiger partial charge in [0.1, 0.15) is 0 Å². The van der Waals surface area contributed by atoms with Gasteiger partial charge in [0, 0.05) is 22.6 Å². The van der Waals surface area contributed by atoms with Gasteiger partial charge in [-0.05, 0) is 6.92 Å². The minimum Gasteiger partial charge on any atom is -0.304 e. The zero-order valence-corrected chi connectivity index (χ0v) is 7.24. The van der Waals surface area contributed by atoms with E-state index < -0.39 is 6.30 Å². The maximum absolute atomic E-state index is 10.7. The Morgan fingerprint density at radius 3 is 2.38 bits per heavy atom. The summed E-state index contributed by atoms with van der Waals surface area (Å²) in [7, 11) is 1.32. The van der Waals surface area contributed by atoms with Crippen molar-refractivity contribution in [3.05, 3.63) is 0 Å². The highest BCUT2D eigenvalue weighted by Gasteiger charge is 2.14. The molecule has 0 saturated carbocycles. The van der Waals surface area contributed by atoms with Crippen LogP contribution in [0.5, 0.6) is 0 Å². The summed E-state index contributed by atoms with van der Waals surface area (Å²) in [6.45, 7) is 2.13. The molecule has 0 aromatic heterocycles. The highest BCUT2D eigenvalue weighted by atomic mass is 79.9. The first-order chi connectivity index (χ1) is 3.62. The van der Waals surface area contributed by atoms with Crippen molar-refractivity contribution in [3.63, 3.8) is 0 Å². The molecule has 1 unspecified atom stereocenters. The molecule has 0 heterocycles. The van der Waals surface area contributed by atoms with Crippen molar-refractivity contribution in [1.29, 1.82) is 0 Å². The summed E-state index contributed by atoms with van der Waals surface area (Å²) in [6, 6.07) is 0. The fourth-order valence-electron chi connectivity index (χ4n) is 0.207. The second-order valence-electron chi connectivity index (χ2n) is 1.03. The van der Waals surface area contributed by atoms with E-state index in [1.54, 1.807) is 6.92 Å². The Morgan fingerprint density at radius 1 is 1.75 bits per heavy atom. The predicted molar refractivity (Wildman–Crippen MR) is 35.2 cm³/mol. The molecule has 0 aromatic carbocycles. The molecule has 0 aromatic rings. The molecule has 0 aliphatic rings. The Hall–Kier alpha value is 0.630. The van der Waals surface area contributed by atoms with Gasteiger partial charge in [0.25, 0.3) is 0 Å². The molecule has 0 amide bonds. The van der Waals surface area contributed by atoms with Gasteiger partial charge in [0.15, 0.2) is 0 Å². The van der Waals surface area contributed by atoms with Gasteiger partial charge in [0.2, 0.25) is 0 Å². The fourth-order valence-corrected chi connectivity index (χ4v) is 1.23. The minimum absolute atomic E-state index is 0.385. The van der Waals surface area contributed by atoms with E-state index >= 15 is 0 Å². The zero-order valence-electron chi connectivity index (χ0n) is 4.76. The van der Waals surface area contributed by atoms with Crippen molar-refractivity contribution in [1.82, 2.24) is 0 Å². The Balaban J connectivity index is 3.55. The van der Waals surface area contributed by atoms with Crippen LogP contribution in [0.15, 0.2) is 0 Å². The Kier molecular flexibility index (Phi) is 3.90. The Morgan fingerprint density at radius 2 is 2.25 bits per heavy atom. The lowest BCUT2D eigenvalue weighted by molar-refractivity contribution is 0.263. The lowest BCUT2D eigenvalue weighted by Gasteiger charge is -2.04. The predicted octanol–water partition coefficient (Wildman–Crippen LogP) is 2.17. The molecule has 0 saturated heterocycles. The van der Waals surface area contributed by atoms with Gasteiger partial charge in [-0.25, -0.2) is 4.57 Å². The summed E-state index contributed by atoms with van der Waals surface area (Å²) in [5.74, 6) is 0. The summed E-state index contributed by atoms with van der Waals surface area (Å²) in [6.07, 6.45) is -2.86. The summed E-state index contributed by atoms with van der Waals surface area (Å²) < 4.78 is 19.7. The fraction of sp³-hybridized carbons (Fsp3) is 1.00. The van der Waals surface area contributed by atoms with Gasteiger partial charge in [-0.1, -0.05) is 0 Å². The van der Waals surface area contributed by atoms with E-state index in [-0.39, 0.29) is 0 Å². The molecule has 5 heteroatoms. The lowest BCUT2D eigenvalue weighted by atomic mass is 10.9. The van der Waals surface area contributed by atoms with E-state index in [9.17, 15) is 4.57 Å². The van der Waals surface area contributed by atoms with Gasteiger partial charge in [-0.2, -0.15) is 0 Å². The van der Waals surface area contributed by atoms with Crippen LogP contribution < -0.4 is 0 Å². The Labute approximate surface area is 56.6 Å². The quantitative estimate of drug-likeness (QED) is 0.659. The van der Waals surface area contributed by atoms with E-state index in [0.717, 1.165) is 0 Å². The van der Waals surface area contributed by atoms with Crippen LogP contribution in [0.1, 0.15) is 6.92 Å². The normalized spacial score (nSPS) is 17.9. The van der Waals surface area contributed by atoms with E-state index in [2.05, 4.69) is 24.5 Å². The van der Waals surface area contributed by atoms with Crippen molar-refractivity contribution in [3.8, 4) is 0 Å². The van der Waals surface area contributed by atoms with Crippen LogP contribution in [-0.2, 0) is 13.6 Å². The van der Waals surface area contributed by atoms with Crippen molar-refractivity contribution in [2.24, 2.45) is 0 Å². The second-order valence-corrected chi connectivity index (χ2v) is 5.12. The van der Waals surface area contributed by atoms with Crippen LogP contribution >= 0.6 is 21.8 Å². The molecule has 0 aliphatic carbocycles. The van der Waals surface area contributed by atoms with Crippen LogP contribution in [-0.4, -0.2) is 13.7 Å². The van der Waals surface area contributed by atoms with Crippen molar-refractivity contribution in [2.45, 2.75) is 6.92 Å². The highest BCUT2D eigenvalue weighted by molar-refractivity contribution is 9.39. The molecular formula is C3H8BrO3P. The van der Waals surface area contributed by atoms with Gasteiger partial charge < -0.3 is 9.05 Å². The minimum atomic E-state index is -2.86. The lowest BCUT2D eigenvalue weighted by Crippen LogP contribution is -1.83. The van der Waals surface area contributed by atoms with Crippen LogP contribution in [0.3, 0.4) is 0 Å². The number of hydrogen-bond acceptors (Lipinski definition) is 3. The molecule has 8 heavy (non-hydrogen) atoms. The molecule has 1 atom stereocenters. The van der Waals surface area contributed by atoms with Gasteiger partial charge in [0.05, 0.1) is 6.61 Å². The third-order valence-electron chi connectivity index (χ3n) is 0.501. The van der Waals surface area contributed by atoms with Crippen LogP contribution in [0.2, 0.25) is 0 Å². The molecule has 0 radical (unpaired) electrons. The van der Waals surface area contributed by atoms with Gasteiger partial charge >= 0.3 is 6.30 Å². The molecule has 0 fully saturated rings. The number of hydrogen-bond donors (Lipinski definition) is 0. The van der Waals surface area contributed by atoms with Crippen molar-refractivity contribution in [2.75, 3.05) is 13.7 Å². The van der Waals surface area contributed by atoms with Crippen LogP contribution in [0.25, 0.3) is 0 Å². The topological polar surface area (TPSA) is 35.5 Å². The third-order valence-corrected chi connectivity index (χ3v) is 2.99. The van der Waals surface area contributed by atoms with E-state index in [4.69, 9.17) is 0 Å². The Bertz CT molecular complexity index is 105. The second kappa shape index (κ2) is 3.62. The molecule has 0 spiro atoms. The summed E-state index contributed by atoms with van der Waals surface area (Å²) >= 11 is 2.75. The molecular weight excluding hydrogens is 195 g/mol. The number of rotatable bonds is 3. The SMILES string of the molecule is CCOP(=O)(Br)OC. The van der Waals surface area contributed by atoms with Crippen LogP contribution in [0.4, 0.5) is 0 Å². The summed E-state index contributed by atoms with van der Waals surface area (Å²) in [4.78, 5) is 0. The molecule has 0 N–H and O–H groups in total. The van der Waals surface area contributed by atoms with E-state index in [1.165, 1.54) is 7.11 Å². The first kappa shape index (κ1) is 8.63. The maximum Gasteiger partial charge on any atom is 0.395 e. The van der Waals surface area contributed by atoms with Crippen molar-refractivity contribution >= 4 is 21.8 Å². The first-order valence-corrected chi connectivity index (χ1v) is 5.68. The maximum atomic E-state index is 10.7. The highest BCUT2D eigenvalue weighted by Crippen LogP contribution is 2.54. The molecule has 0 rings (SSSR count). The van der Waals surface area contributed by atoms with Gasteiger partial charge in [-0.15, -0.1) is 0 Å². The standard InChI is InChI=1S/C3H8BrO3P/c1-3-7-8(4,5)6-2/h3H2,1-2H3. The molecule has 0 aliphatic heterocycles. The summed E-state index contributed by atoms with van der Waals surface area (Å²) in [5.41, 5.74) is 0. The monoisotopic (exact) mass is 202 g/mol. The average Bonchev–Trinajstić information content (AvgIpc) is 1.67. The smallest absolute Gasteiger partial charge is 0.304 e. The van der Waals surface area contributed by atoms with E-state index in [1.807, 2.05) is 0 Å². The molecule has 50 valence electrons. The molecule has 3 nitrogen and oxygen atoms in total. The molecule has 0 bridgehead atoms. The van der Waals surface area contributed by atoms with Crippen LogP contribution in [0, 0.1) is 0 Å². The number of halogens is 1. The summed E-state index contributed by atoms with van der Waals surface area (Å²) in [5, 5.41) is 0. The van der Waals surface area contributed by atoms with Crippen molar-refractivity contribution < 1.29 is 13.6 Å². The van der Waals surface area contributed by atoms with E-state index in [0.29, 0.717) is 6.61 Å². The zero-order chi connectivity index (χ0) is 6.62. The van der Waals surface area contributed by atoms with Gasteiger partial charge in [-0.3, -0.25) is 0 Å². The average molecular weight is 203 g/mol. The largest absolute Gasteiger partial charge is 0.395 e.